The van der Waals surface area contributed by atoms with Crippen LogP contribution in [0.4, 0.5) is 0 Å². The highest BCUT2D eigenvalue weighted by molar-refractivity contribution is 8.00. The molecular formula is C12H17N3OS2. The molecule has 2 rings (SSSR count). The summed E-state index contributed by atoms with van der Waals surface area (Å²) in [7, 11) is 0. The van der Waals surface area contributed by atoms with Gasteiger partial charge in [0.15, 0.2) is 4.34 Å². The fraction of sp³-hybridized carbons (Fsp3) is 0.500. The van der Waals surface area contributed by atoms with Crippen molar-refractivity contribution in [3.8, 4) is 0 Å². The van der Waals surface area contributed by atoms with E-state index in [1.807, 2.05) is 12.1 Å². The molecule has 2 heterocycles. The van der Waals surface area contributed by atoms with Crippen LogP contribution in [0.25, 0.3) is 0 Å². The van der Waals surface area contributed by atoms with E-state index >= 15 is 0 Å². The summed E-state index contributed by atoms with van der Waals surface area (Å²) in [5.74, 6) is 2.74. The highest BCUT2D eigenvalue weighted by Crippen LogP contribution is 2.24. The molecule has 0 amide bonds. The Hall–Kier alpha value is -0.850. The summed E-state index contributed by atoms with van der Waals surface area (Å²) in [4.78, 5) is 0. The van der Waals surface area contributed by atoms with E-state index < -0.39 is 0 Å². The van der Waals surface area contributed by atoms with E-state index in [0.29, 0.717) is 0 Å². The molecule has 0 radical (unpaired) electrons. The number of aromatic nitrogens is 2. The van der Waals surface area contributed by atoms with Gasteiger partial charge in [0, 0.05) is 5.54 Å². The van der Waals surface area contributed by atoms with Gasteiger partial charge in [0.1, 0.15) is 17.0 Å². The lowest BCUT2D eigenvalue weighted by Gasteiger charge is -2.19. The molecule has 0 aromatic carbocycles. The number of nitrogens with one attached hydrogen (secondary N) is 1. The Morgan fingerprint density at radius 1 is 1.33 bits per heavy atom. The maximum absolute atomic E-state index is 5.75. The van der Waals surface area contributed by atoms with E-state index in [9.17, 15) is 0 Å². The molecular weight excluding hydrogens is 266 g/mol. The van der Waals surface area contributed by atoms with Crippen molar-refractivity contribution in [2.45, 2.75) is 42.9 Å². The molecule has 4 nitrogen and oxygen atoms in total. The predicted octanol–water partition coefficient (Wildman–Crippen LogP) is 3.31. The second-order valence-electron chi connectivity index (χ2n) is 4.96. The molecule has 6 heteroatoms. The van der Waals surface area contributed by atoms with Crippen LogP contribution in [-0.2, 0) is 12.3 Å². The van der Waals surface area contributed by atoms with Gasteiger partial charge in [-0.05, 0) is 32.9 Å². The minimum absolute atomic E-state index is 0.105. The normalized spacial score (nSPS) is 11.9. The summed E-state index contributed by atoms with van der Waals surface area (Å²) in [5, 5.41) is 11.2. The summed E-state index contributed by atoms with van der Waals surface area (Å²) in [5.41, 5.74) is 1.84. The average molecular weight is 283 g/mol. The number of hydrogen-bond donors (Lipinski definition) is 1. The molecule has 0 fully saturated rings. The maximum Gasteiger partial charge on any atom is 0.174 e. The molecule has 0 unspecified atom stereocenters. The van der Waals surface area contributed by atoms with Crippen LogP contribution in [0, 0.1) is 0 Å². The fourth-order valence-corrected chi connectivity index (χ4v) is 2.69. The molecule has 0 bridgehead atoms. The van der Waals surface area contributed by atoms with E-state index in [4.69, 9.17) is 4.42 Å². The first-order valence-electron chi connectivity index (χ1n) is 5.74. The van der Waals surface area contributed by atoms with Gasteiger partial charge in [-0.15, -0.1) is 10.2 Å². The van der Waals surface area contributed by atoms with E-state index in [1.165, 1.54) is 0 Å². The quantitative estimate of drug-likeness (QED) is 0.853. The van der Waals surface area contributed by atoms with Gasteiger partial charge < -0.3 is 9.73 Å². The van der Waals surface area contributed by atoms with Crippen molar-refractivity contribution in [1.82, 2.24) is 15.5 Å². The van der Waals surface area contributed by atoms with Crippen LogP contribution in [0.2, 0.25) is 0 Å². The third-order valence-corrected chi connectivity index (χ3v) is 4.07. The summed E-state index contributed by atoms with van der Waals surface area (Å²) >= 11 is 3.20. The van der Waals surface area contributed by atoms with Crippen LogP contribution in [0.15, 0.2) is 26.4 Å². The summed E-state index contributed by atoms with van der Waals surface area (Å²) in [6.07, 6.45) is 0. The molecule has 0 aliphatic rings. The van der Waals surface area contributed by atoms with Gasteiger partial charge in [0.05, 0.1) is 12.3 Å². The highest BCUT2D eigenvalue weighted by Gasteiger charge is 2.10. The monoisotopic (exact) mass is 283 g/mol. The van der Waals surface area contributed by atoms with E-state index in [0.717, 1.165) is 28.2 Å². The fourth-order valence-electron chi connectivity index (χ4n) is 1.31. The van der Waals surface area contributed by atoms with Crippen LogP contribution in [0.3, 0.4) is 0 Å². The van der Waals surface area contributed by atoms with Crippen molar-refractivity contribution in [1.29, 1.82) is 0 Å². The van der Waals surface area contributed by atoms with Crippen LogP contribution < -0.4 is 5.32 Å². The summed E-state index contributed by atoms with van der Waals surface area (Å²) in [6, 6.07) is 4.04. The van der Waals surface area contributed by atoms with Crippen molar-refractivity contribution in [2.24, 2.45) is 0 Å². The Kier molecular flexibility index (Phi) is 4.42. The zero-order chi connectivity index (χ0) is 13.0. The van der Waals surface area contributed by atoms with Gasteiger partial charge in [-0.1, -0.05) is 23.1 Å². The number of rotatable bonds is 5. The Balaban J connectivity index is 1.82. The molecule has 0 aliphatic heterocycles. The summed E-state index contributed by atoms with van der Waals surface area (Å²) in [6.45, 7) is 7.18. The minimum Gasteiger partial charge on any atom is -0.464 e. The van der Waals surface area contributed by atoms with E-state index in [2.05, 4.69) is 36.3 Å². The molecule has 0 saturated heterocycles. The topological polar surface area (TPSA) is 51.0 Å². The Morgan fingerprint density at radius 3 is 2.78 bits per heavy atom. The highest BCUT2D eigenvalue weighted by atomic mass is 32.2. The van der Waals surface area contributed by atoms with Crippen molar-refractivity contribution >= 4 is 23.1 Å². The first kappa shape index (κ1) is 13.6. The zero-order valence-electron chi connectivity index (χ0n) is 10.8. The number of thioether (sulfide) groups is 1. The van der Waals surface area contributed by atoms with Crippen molar-refractivity contribution in [3.63, 3.8) is 0 Å². The third kappa shape index (κ3) is 4.44. The summed E-state index contributed by atoms with van der Waals surface area (Å²) < 4.78 is 6.72. The van der Waals surface area contributed by atoms with Gasteiger partial charge in [0.2, 0.25) is 0 Å². The first-order chi connectivity index (χ1) is 8.53. The van der Waals surface area contributed by atoms with Gasteiger partial charge in [-0.3, -0.25) is 0 Å². The maximum atomic E-state index is 5.75. The molecule has 0 saturated carbocycles. The lowest BCUT2D eigenvalue weighted by molar-refractivity contribution is 0.382. The van der Waals surface area contributed by atoms with E-state index in [-0.39, 0.29) is 5.54 Å². The standard InChI is InChI=1S/C12H17N3OS2/c1-12(2,3)13-6-9-4-5-10(16-9)7-17-11-15-14-8-18-11/h4-5,8,13H,6-7H2,1-3H3. The number of hydrogen-bond acceptors (Lipinski definition) is 6. The lowest BCUT2D eigenvalue weighted by atomic mass is 10.1. The smallest absolute Gasteiger partial charge is 0.174 e. The SMILES string of the molecule is CC(C)(C)NCc1ccc(CSc2nncs2)o1. The first-order valence-corrected chi connectivity index (χ1v) is 7.61. The van der Waals surface area contributed by atoms with Crippen molar-refractivity contribution in [3.05, 3.63) is 29.2 Å². The number of furan rings is 1. The molecule has 0 atom stereocenters. The molecule has 18 heavy (non-hydrogen) atoms. The molecule has 2 aromatic rings. The van der Waals surface area contributed by atoms with Crippen LogP contribution >= 0.6 is 23.1 Å². The van der Waals surface area contributed by atoms with Crippen LogP contribution in [0.1, 0.15) is 32.3 Å². The van der Waals surface area contributed by atoms with Crippen LogP contribution in [-0.4, -0.2) is 15.7 Å². The second-order valence-corrected chi connectivity index (χ2v) is 7.02. The molecule has 1 N–H and O–H groups in total. The Labute approximate surface area is 115 Å². The predicted molar refractivity (Wildman–Crippen MR) is 74.8 cm³/mol. The van der Waals surface area contributed by atoms with Crippen molar-refractivity contribution in [2.75, 3.05) is 0 Å². The Morgan fingerprint density at radius 2 is 2.11 bits per heavy atom. The second kappa shape index (κ2) is 5.86. The average Bonchev–Trinajstić information content (AvgIpc) is 2.94. The van der Waals surface area contributed by atoms with Crippen LogP contribution in [0.5, 0.6) is 0 Å². The van der Waals surface area contributed by atoms with Gasteiger partial charge in [-0.2, -0.15) is 0 Å². The largest absolute Gasteiger partial charge is 0.464 e. The van der Waals surface area contributed by atoms with Gasteiger partial charge >= 0.3 is 0 Å². The van der Waals surface area contributed by atoms with Gasteiger partial charge in [0.25, 0.3) is 0 Å². The minimum atomic E-state index is 0.105. The number of nitrogens with zero attached hydrogens (tertiary/aromatic N) is 2. The zero-order valence-corrected chi connectivity index (χ0v) is 12.4. The molecule has 0 spiro atoms. The Bertz CT molecular complexity index is 474. The molecule has 0 aliphatic carbocycles. The molecule has 2 aromatic heterocycles. The lowest BCUT2D eigenvalue weighted by Crippen LogP contribution is -2.34. The molecule has 98 valence electrons. The van der Waals surface area contributed by atoms with Gasteiger partial charge in [-0.25, -0.2) is 0 Å². The third-order valence-electron chi connectivity index (χ3n) is 2.19. The van der Waals surface area contributed by atoms with Crippen molar-refractivity contribution < 1.29 is 4.42 Å². The van der Waals surface area contributed by atoms with E-state index in [1.54, 1.807) is 28.6 Å².